The van der Waals surface area contributed by atoms with Crippen LogP contribution in [0.1, 0.15) is 64.8 Å². The molecule has 7 nitrogen and oxygen atoms in total. The lowest BCUT2D eigenvalue weighted by Crippen LogP contribution is -2.40. The van der Waals surface area contributed by atoms with Crippen molar-refractivity contribution in [3.8, 4) is 17.0 Å². The third kappa shape index (κ3) is 5.70. The number of nitrogens with zero attached hydrogens (tertiary/aromatic N) is 2. The fraction of sp³-hybridized carbons (Fsp3) is 0.333. The van der Waals surface area contributed by atoms with E-state index < -0.39 is 23.1 Å². The fourth-order valence-electron chi connectivity index (χ4n) is 5.66. The van der Waals surface area contributed by atoms with Crippen LogP contribution in [0.15, 0.2) is 54.7 Å². The Labute approximate surface area is 257 Å². The van der Waals surface area contributed by atoms with E-state index in [-0.39, 0.29) is 25.0 Å². The molecule has 2 aromatic heterocycles. The second-order valence-electron chi connectivity index (χ2n) is 12.0. The van der Waals surface area contributed by atoms with Crippen molar-refractivity contribution in [2.75, 3.05) is 13.2 Å². The lowest BCUT2D eigenvalue weighted by Gasteiger charge is -2.22. The Balaban J connectivity index is 1.36. The van der Waals surface area contributed by atoms with Crippen LogP contribution in [0, 0.1) is 12.8 Å². The maximum absolute atomic E-state index is 13.4. The number of rotatable bonds is 8. The van der Waals surface area contributed by atoms with Crippen molar-refractivity contribution < 1.29 is 27.5 Å². The molecule has 2 aliphatic rings. The summed E-state index contributed by atoms with van der Waals surface area (Å²) in [5, 5.41) is 4.15. The second kappa shape index (κ2) is 11.1. The van der Waals surface area contributed by atoms with Gasteiger partial charge in [-0.1, -0.05) is 36.6 Å². The number of nitrogens with one attached hydrogen (secondary N) is 1. The summed E-state index contributed by atoms with van der Waals surface area (Å²) < 4.78 is 45.8. The molecular formula is C33H30ClF3N4O3. The highest BCUT2D eigenvalue weighted by atomic mass is 35.5. The molecule has 2 atom stereocenters. The number of fused-ring (bicyclic) bond motifs is 2. The monoisotopic (exact) mass is 622 g/mol. The van der Waals surface area contributed by atoms with E-state index in [1.165, 1.54) is 12.1 Å². The lowest BCUT2D eigenvalue weighted by atomic mass is 9.82. The van der Waals surface area contributed by atoms with Gasteiger partial charge in [-0.15, -0.1) is 0 Å². The average molecular weight is 623 g/mol. The third-order valence-corrected chi connectivity index (χ3v) is 8.79. The van der Waals surface area contributed by atoms with Gasteiger partial charge in [0.1, 0.15) is 23.5 Å². The first-order chi connectivity index (χ1) is 20.8. The molecule has 1 aliphatic carbocycles. The normalized spacial score (nSPS) is 18.5. The van der Waals surface area contributed by atoms with Gasteiger partial charge in [0.15, 0.2) is 0 Å². The molecule has 2 aromatic carbocycles. The van der Waals surface area contributed by atoms with Gasteiger partial charge in [0, 0.05) is 46.4 Å². The van der Waals surface area contributed by atoms with E-state index in [2.05, 4.69) is 10.3 Å². The number of nitrogens with two attached hydrogens (primary N) is 1. The number of pyridine rings is 2. The molecule has 11 heteroatoms. The SMILES string of the molecule is Cc1cnc2c(Cl)cc(C(=O)NCC(CC3CC3)c3cc4c(c(-c5ccc(C(F)(F)F)cc5)n3)OC[C@]4(C)C(N)=O)cc2c1. The molecule has 0 bridgehead atoms. The van der Waals surface area contributed by atoms with Gasteiger partial charge in [-0.05, 0) is 68.1 Å². The molecule has 1 fully saturated rings. The molecule has 1 aliphatic heterocycles. The first kappa shape index (κ1) is 29.9. The first-order valence-electron chi connectivity index (χ1n) is 14.3. The maximum atomic E-state index is 13.4. The van der Waals surface area contributed by atoms with Crippen molar-refractivity contribution >= 4 is 34.3 Å². The summed E-state index contributed by atoms with van der Waals surface area (Å²) in [6, 6.07) is 11.7. The minimum absolute atomic E-state index is 0.0164. The number of carbonyl (C=O) groups is 2. The van der Waals surface area contributed by atoms with E-state index in [0.717, 1.165) is 42.3 Å². The Bertz CT molecular complexity index is 1790. The van der Waals surface area contributed by atoms with Crippen molar-refractivity contribution in [2.24, 2.45) is 11.7 Å². The summed E-state index contributed by atoms with van der Waals surface area (Å²) in [5.74, 6) is -0.382. The molecule has 4 aromatic rings. The van der Waals surface area contributed by atoms with E-state index in [9.17, 15) is 22.8 Å². The number of hydrogen-bond donors (Lipinski definition) is 2. The van der Waals surface area contributed by atoms with E-state index in [1.807, 2.05) is 13.0 Å². The molecular weight excluding hydrogens is 593 g/mol. The zero-order valence-corrected chi connectivity index (χ0v) is 24.9. The van der Waals surface area contributed by atoms with Crippen LogP contribution in [0.2, 0.25) is 5.02 Å². The molecule has 0 radical (unpaired) electrons. The van der Waals surface area contributed by atoms with E-state index in [0.29, 0.717) is 50.3 Å². The molecule has 0 saturated heterocycles. The number of aryl methyl sites for hydroxylation is 1. The van der Waals surface area contributed by atoms with Gasteiger partial charge in [-0.3, -0.25) is 14.6 Å². The molecule has 1 saturated carbocycles. The number of aromatic nitrogens is 2. The van der Waals surface area contributed by atoms with Gasteiger partial charge < -0.3 is 15.8 Å². The van der Waals surface area contributed by atoms with E-state index in [4.69, 9.17) is 27.1 Å². The van der Waals surface area contributed by atoms with Crippen molar-refractivity contribution in [3.63, 3.8) is 0 Å². The van der Waals surface area contributed by atoms with Gasteiger partial charge in [0.25, 0.3) is 5.91 Å². The Morgan fingerprint density at radius 2 is 1.89 bits per heavy atom. The van der Waals surface area contributed by atoms with Crippen LogP contribution < -0.4 is 15.8 Å². The molecule has 2 amide bonds. The first-order valence-corrected chi connectivity index (χ1v) is 14.7. The second-order valence-corrected chi connectivity index (χ2v) is 12.4. The van der Waals surface area contributed by atoms with Gasteiger partial charge in [0.05, 0.1) is 16.1 Å². The Morgan fingerprint density at radius 3 is 2.55 bits per heavy atom. The number of benzene rings is 2. The third-order valence-electron chi connectivity index (χ3n) is 8.50. The number of primary amides is 1. The number of amides is 2. The van der Waals surface area contributed by atoms with Crippen molar-refractivity contribution in [2.45, 2.75) is 50.6 Å². The predicted molar refractivity (Wildman–Crippen MR) is 161 cm³/mol. The number of carbonyl (C=O) groups excluding carboxylic acids is 2. The van der Waals surface area contributed by atoms with Crippen LogP contribution in [0.5, 0.6) is 5.75 Å². The molecule has 3 N–H and O–H groups in total. The summed E-state index contributed by atoms with van der Waals surface area (Å²) in [6.45, 7) is 3.81. The highest BCUT2D eigenvalue weighted by Gasteiger charge is 2.44. The van der Waals surface area contributed by atoms with Crippen LogP contribution in [-0.2, 0) is 16.4 Å². The molecule has 228 valence electrons. The van der Waals surface area contributed by atoms with Crippen molar-refractivity contribution in [3.05, 3.63) is 87.7 Å². The zero-order valence-electron chi connectivity index (χ0n) is 24.1. The molecule has 1 unspecified atom stereocenters. The molecule has 6 rings (SSSR count). The number of alkyl halides is 3. The number of halogens is 4. The quantitative estimate of drug-likeness (QED) is 0.227. The maximum Gasteiger partial charge on any atom is 0.416 e. The minimum Gasteiger partial charge on any atom is -0.489 e. The van der Waals surface area contributed by atoms with E-state index in [1.54, 1.807) is 31.3 Å². The summed E-state index contributed by atoms with van der Waals surface area (Å²) in [6.07, 6.45) is 0.0578. The predicted octanol–water partition coefficient (Wildman–Crippen LogP) is 6.73. The minimum atomic E-state index is -4.49. The Kier molecular flexibility index (Phi) is 7.52. The Morgan fingerprint density at radius 1 is 1.16 bits per heavy atom. The zero-order chi connectivity index (χ0) is 31.4. The van der Waals surface area contributed by atoms with Crippen molar-refractivity contribution in [1.82, 2.24) is 15.3 Å². The number of hydrogen-bond acceptors (Lipinski definition) is 5. The fourth-order valence-corrected chi connectivity index (χ4v) is 5.93. The highest BCUT2D eigenvalue weighted by molar-refractivity contribution is 6.35. The van der Waals surface area contributed by atoms with Crippen LogP contribution >= 0.6 is 11.6 Å². The number of ether oxygens (including phenoxy) is 1. The van der Waals surface area contributed by atoms with Gasteiger partial charge in [-0.2, -0.15) is 13.2 Å². The van der Waals surface area contributed by atoms with Crippen LogP contribution in [-0.4, -0.2) is 34.9 Å². The summed E-state index contributed by atoms with van der Waals surface area (Å²) in [7, 11) is 0. The molecule has 44 heavy (non-hydrogen) atoms. The smallest absolute Gasteiger partial charge is 0.416 e. The van der Waals surface area contributed by atoms with Crippen LogP contribution in [0.25, 0.3) is 22.2 Å². The van der Waals surface area contributed by atoms with Crippen LogP contribution in [0.4, 0.5) is 13.2 Å². The van der Waals surface area contributed by atoms with Crippen LogP contribution in [0.3, 0.4) is 0 Å². The highest BCUT2D eigenvalue weighted by Crippen LogP contribution is 2.47. The standard InChI is InChI=1S/C33H30ClF3N4O3/c1-17-9-20-11-21(12-25(34)27(20)39-14-17)30(42)40-15-22(10-18-3-4-18)26-13-24-29(44-16-32(24,2)31(38)43)28(41-26)19-5-7-23(8-6-19)33(35,36)37/h5-9,11-14,18,22H,3-4,10,15-16H2,1-2H3,(H2,38,43)(H,40,42)/t22?,32-/m0/s1. The summed E-state index contributed by atoms with van der Waals surface area (Å²) >= 11 is 6.45. The van der Waals surface area contributed by atoms with Crippen molar-refractivity contribution in [1.29, 1.82) is 0 Å². The largest absolute Gasteiger partial charge is 0.489 e. The summed E-state index contributed by atoms with van der Waals surface area (Å²) in [5.41, 5.74) is 7.67. The van der Waals surface area contributed by atoms with E-state index >= 15 is 0 Å². The van der Waals surface area contributed by atoms with Gasteiger partial charge in [0.2, 0.25) is 5.91 Å². The summed E-state index contributed by atoms with van der Waals surface area (Å²) in [4.78, 5) is 35.2. The average Bonchev–Trinajstić information content (AvgIpc) is 3.74. The van der Waals surface area contributed by atoms with Gasteiger partial charge >= 0.3 is 6.18 Å². The molecule has 0 spiro atoms. The topological polar surface area (TPSA) is 107 Å². The Hall–Kier alpha value is -4.18. The van der Waals surface area contributed by atoms with Gasteiger partial charge in [-0.25, -0.2) is 4.98 Å². The lowest BCUT2D eigenvalue weighted by molar-refractivity contribution is -0.137. The molecule has 3 heterocycles.